The van der Waals surface area contributed by atoms with E-state index in [1.54, 1.807) is 30.2 Å². The Kier molecular flexibility index (Phi) is 3.09. The highest BCUT2D eigenvalue weighted by atomic mass is 16.3. The fraction of sp³-hybridized carbons (Fsp3) is 0.545. The van der Waals surface area contributed by atoms with Crippen molar-refractivity contribution in [1.29, 1.82) is 0 Å². The van der Waals surface area contributed by atoms with Crippen LogP contribution in [-0.4, -0.2) is 45.6 Å². The molecular formula is C11H16N2O3. The Morgan fingerprint density at radius 2 is 2.00 bits per heavy atom. The molecule has 16 heavy (non-hydrogen) atoms. The molecule has 0 saturated carbocycles. The van der Waals surface area contributed by atoms with Crippen molar-refractivity contribution >= 4 is 5.82 Å². The highest BCUT2D eigenvalue weighted by Crippen LogP contribution is 2.21. The van der Waals surface area contributed by atoms with E-state index >= 15 is 0 Å². The minimum absolute atomic E-state index is 0.372. The third kappa shape index (κ3) is 2.16. The summed E-state index contributed by atoms with van der Waals surface area (Å²) in [7, 11) is 0. The molecule has 1 aromatic rings. The van der Waals surface area contributed by atoms with Gasteiger partial charge in [0.2, 0.25) is 0 Å². The quantitative estimate of drug-likeness (QED) is 0.641. The number of hydrogen-bond donors (Lipinski definition) is 3. The van der Waals surface area contributed by atoms with Gasteiger partial charge in [0.25, 0.3) is 0 Å². The van der Waals surface area contributed by atoms with Gasteiger partial charge in [-0.2, -0.15) is 0 Å². The highest BCUT2D eigenvalue weighted by Gasteiger charge is 2.30. The lowest BCUT2D eigenvalue weighted by molar-refractivity contribution is 0.0572. The lowest BCUT2D eigenvalue weighted by atomic mass is 10.2. The molecule has 3 atom stereocenters. The van der Waals surface area contributed by atoms with Crippen molar-refractivity contribution < 1.29 is 15.3 Å². The van der Waals surface area contributed by atoms with Crippen molar-refractivity contribution in [2.75, 3.05) is 18.0 Å². The second-order valence-electron chi connectivity index (χ2n) is 4.16. The van der Waals surface area contributed by atoms with Crippen molar-refractivity contribution in [2.45, 2.75) is 25.2 Å². The smallest absolute Gasteiger partial charge is 0.129 e. The zero-order chi connectivity index (χ0) is 11.7. The largest absolute Gasteiger partial charge is 0.389 e. The van der Waals surface area contributed by atoms with Crippen LogP contribution < -0.4 is 4.90 Å². The first-order valence-electron chi connectivity index (χ1n) is 5.33. The van der Waals surface area contributed by atoms with Crippen molar-refractivity contribution in [3.8, 4) is 0 Å². The average molecular weight is 224 g/mol. The van der Waals surface area contributed by atoms with Gasteiger partial charge in [0.1, 0.15) is 5.82 Å². The summed E-state index contributed by atoms with van der Waals surface area (Å²) in [6.07, 6.45) is -0.373. The molecule has 0 aliphatic carbocycles. The van der Waals surface area contributed by atoms with Gasteiger partial charge in [-0.15, -0.1) is 0 Å². The Balaban J connectivity index is 2.18. The van der Waals surface area contributed by atoms with E-state index < -0.39 is 18.3 Å². The van der Waals surface area contributed by atoms with Crippen LogP contribution in [0.3, 0.4) is 0 Å². The summed E-state index contributed by atoms with van der Waals surface area (Å²) in [6.45, 7) is 2.43. The molecule has 1 aliphatic heterocycles. The van der Waals surface area contributed by atoms with Gasteiger partial charge in [-0.1, -0.05) is 0 Å². The number of rotatable bonds is 2. The van der Waals surface area contributed by atoms with E-state index in [4.69, 9.17) is 0 Å². The highest BCUT2D eigenvalue weighted by molar-refractivity contribution is 5.43. The number of anilines is 1. The van der Waals surface area contributed by atoms with Crippen LogP contribution in [0.4, 0.5) is 5.82 Å². The number of aromatic nitrogens is 1. The van der Waals surface area contributed by atoms with Crippen LogP contribution in [0.1, 0.15) is 18.6 Å². The Morgan fingerprint density at radius 3 is 2.56 bits per heavy atom. The fourth-order valence-corrected chi connectivity index (χ4v) is 1.82. The van der Waals surface area contributed by atoms with Crippen molar-refractivity contribution in [2.24, 2.45) is 0 Å². The first-order valence-corrected chi connectivity index (χ1v) is 5.33. The van der Waals surface area contributed by atoms with Gasteiger partial charge in [0, 0.05) is 19.3 Å². The normalized spacial score (nSPS) is 27.1. The van der Waals surface area contributed by atoms with E-state index in [1.165, 1.54) is 0 Å². The van der Waals surface area contributed by atoms with Gasteiger partial charge in [-0.3, -0.25) is 0 Å². The van der Waals surface area contributed by atoms with Crippen molar-refractivity contribution in [1.82, 2.24) is 4.98 Å². The standard InChI is InChI=1S/C11H16N2O3/c1-7(14)8-2-3-12-11(4-8)13-5-9(15)10(16)6-13/h2-4,7,9-10,14-16H,5-6H2,1H3/t7-,9?,10?/m1/s1. The van der Waals surface area contributed by atoms with Crippen LogP contribution in [0, 0.1) is 0 Å². The number of aliphatic hydroxyl groups excluding tert-OH is 3. The molecule has 0 amide bonds. The van der Waals surface area contributed by atoms with Crippen LogP contribution in [0.25, 0.3) is 0 Å². The van der Waals surface area contributed by atoms with Gasteiger partial charge in [0.15, 0.2) is 0 Å². The SMILES string of the molecule is C[C@@H](O)c1ccnc(N2CC(O)C(O)C2)c1. The summed E-state index contributed by atoms with van der Waals surface area (Å²) < 4.78 is 0. The maximum Gasteiger partial charge on any atom is 0.129 e. The van der Waals surface area contributed by atoms with E-state index in [1.807, 2.05) is 0 Å². The number of nitrogens with zero attached hydrogens (tertiary/aromatic N) is 2. The number of hydrogen-bond acceptors (Lipinski definition) is 5. The molecule has 5 heteroatoms. The molecule has 1 fully saturated rings. The van der Waals surface area contributed by atoms with Crippen LogP contribution in [0.2, 0.25) is 0 Å². The Labute approximate surface area is 94.0 Å². The number of aliphatic hydroxyl groups is 3. The average Bonchev–Trinajstić information content (AvgIpc) is 2.59. The van der Waals surface area contributed by atoms with Gasteiger partial charge < -0.3 is 20.2 Å². The first-order chi connectivity index (χ1) is 7.58. The zero-order valence-corrected chi connectivity index (χ0v) is 9.11. The third-order valence-corrected chi connectivity index (χ3v) is 2.84. The summed E-state index contributed by atoms with van der Waals surface area (Å²) in [5, 5.41) is 28.3. The van der Waals surface area contributed by atoms with Crippen LogP contribution in [0.15, 0.2) is 18.3 Å². The van der Waals surface area contributed by atoms with E-state index in [0.29, 0.717) is 18.9 Å². The molecule has 2 rings (SSSR count). The van der Waals surface area contributed by atoms with Crippen LogP contribution in [0.5, 0.6) is 0 Å². The third-order valence-electron chi connectivity index (χ3n) is 2.84. The molecule has 0 aromatic carbocycles. The summed E-state index contributed by atoms with van der Waals surface area (Å²) >= 11 is 0. The topological polar surface area (TPSA) is 76.8 Å². The molecule has 1 aromatic heterocycles. The predicted molar refractivity (Wildman–Crippen MR) is 59.1 cm³/mol. The molecule has 2 unspecified atom stereocenters. The zero-order valence-electron chi connectivity index (χ0n) is 9.11. The van der Waals surface area contributed by atoms with E-state index in [0.717, 1.165) is 5.56 Å². The molecule has 0 spiro atoms. The van der Waals surface area contributed by atoms with Gasteiger partial charge in [-0.05, 0) is 24.6 Å². The fourth-order valence-electron chi connectivity index (χ4n) is 1.82. The molecule has 3 N–H and O–H groups in total. The molecule has 2 heterocycles. The summed E-state index contributed by atoms with van der Waals surface area (Å²) in [6, 6.07) is 3.52. The van der Waals surface area contributed by atoms with E-state index in [9.17, 15) is 15.3 Å². The monoisotopic (exact) mass is 224 g/mol. The molecule has 88 valence electrons. The molecule has 0 bridgehead atoms. The molecular weight excluding hydrogens is 208 g/mol. The van der Waals surface area contributed by atoms with Crippen LogP contribution >= 0.6 is 0 Å². The molecule has 0 radical (unpaired) electrons. The molecule has 1 aliphatic rings. The number of β-amino-alcohol motifs (C(OH)–C–C–N with tert-alkyl or cyclic N) is 2. The Morgan fingerprint density at radius 1 is 1.38 bits per heavy atom. The lowest BCUT2D eigenvalue weighted by Crippen LogP contribution is -2.22. The summed E-state index contributed by atoms with van der Waals surface area (Å²) in [4.78, 5) is 5.97. The second-order valence-corrected chi connectivity index (χ2v) is 4.16. The second kappa shape index (κ2) is 4.37. The summed E-state index contributed by atoms with van der Waals surface area (Å²) in [5.74, 6) is 0.675. The van der Waals surface area contributed by atoms with E-state index in [2.05, 4.69) is 4.98 Å². The first kappa shape index (κ1) is 11.3. The van der Waals surface area contributed by atoms with Gasteiger partial charge in [-0.25, -0.2) is 4.98 Å². The number of pyridine rings is 1. The minimum atomic E-state index is -0.725. The van der Waals surface area contributed by atoms with E-state index in [-0.39, 0.29) is 0 Å². The molecule has 1 saturated heterocycles. The van der Waals surface area contributed by atoms with Crippen LogP contribution in [-0.2, 0) is 0 Å². The van der Waals surface area contributed by atoms with Gasteiger partial charge in [0.05, 0.1) is 18.3 Å². The predicted octanol–water partition coefficient (Wildman–Crippen LogP) is -0.323. The maximum absolute atomic E-state index is 9.45. The maximum atomic E-state index is 9.45. The lowest BCUT2D eigenvalue weighted by Gasteiger charge is -2.17. The van der Waals surface area contributed by atoms with Gasteiger partial charge >= 0.3 is 0 Å². The Bertz CT molecular complexity index is 360. The minimum Gasteiger partial charge on any atom is -0.389 e. The Hall–Kier alpha value is -1.17. The molecule has 5 nitrogen and oxygen atoms in total. The van der Waals surface area contributed by atoms with Crippen molar-refractivity contribution in [3.05, 3.63) is 23.9 Å². The summed E-state index contributed by atoms with van der Waals surface area (Å²) in [5.41, 5.74) is 0.779. The van der Waals surface area contributed by atoms with Crippen molar-refractivity contribution in [3.63, 3.8) is 0 Å².